The second kappa shape index (κ2) is 8.44. The molecule has 0 bridgehead atoms. The van der Waals surface area contributed by atoms with E-state index in [4.69, 9.17) is 4.74 Å². The van der Waals surface area contributed by atoms with Gasteiger partial charge in [0.1, 0.15) is 5.84 Å². The predicted octanol–water partition coefficient (Wildman–Crippen LogP) is 1.91. The summed E-state index contributed by atoms with van der Waals surface area (Å²) in [6.07, 6.45) is -0.0791. The first-order valence-electron chi connectivity index (χ1n) is 8.95. The van der Waals surface area contributed by atoms with Crippen molar-refractivity contribution in [2.24, 2.45) is 4.99 Å². The van der Waals surface area contributed by atoms with Gasteiger partial charge in [0.15, 0.2) is 6.61 Å². The Morgan fingerprint density at radius 1 is 1.14 bits per heavy atom. The maximum atomic E-state index is 12.0. The van der Waals surface area contributed by atoms with Gasteiger partial charge in [-0.3, -0.25) is 19.3 Å². The van der Waals surface area contributed by atoms with Crippen LogP contribution in [0.25, 0.3) is 0 Å². The number of carbonyl (C=O) groups is 2. The number of anilines is 1. The molecule has 1 amide bonds. The number of amides is 1. The van der Waals surface area contributed by atoms with Gasteiger partial charge in [-0.15, -0.1) is 0 Å². The molecule has 2 aromatic rings. The molecular formula is C20H21N3O5S. The lowest BCUT2D eigenvalue weighted by molar-refractivity contribution is -0.147. The molecule has 0 radical (unpaired) electrons. The standard InChI is InChI=1S/C20H21N3O5S/c1-13-7-8-16(14(2)11-13)22-18(24)12-28-19(25)9-10-21-20-15-5-3-4-6-17(15)29(26,27)23-20/h3-8,11H,9-10,12H2,1-2H3,(H,21,23)(H,22,24). The summed E-state index contributed by atoms with van der Waals surface area (Å²) in [4.78, 5) is 28.1. The Morgan fingerprint density at radius 2 is 1.90 bits per heavy atom. The van der Waals surface area contributed by atoms with E-state index in [0.717, 1.165) is 11.1 Å². The van der Waals surface area contributed by atoms with E-state index in [1.165, 1.54) is 6.07 Å². The average Bonchev–Trinajstić information content (AvgIpc) is 2.93. The van der Waals surface area contributed by atoms with E-state index in [2.05, 4.69) is 15.0 Å². The van der Waals surface area contributed by atoms with Gasteiger partial charge in [-0.2, -0.15) is 0 Å². The fraction of sp³-hybridized carbons (Fsp3) is 0.250. The lowest BCUT2D eigenvalue weighted by Crippen LogP contribution is -2.23. The average molecular weight is 415 g/mol. The van der Waals surface area contributed by atoms with Gasteiger partial charge in [0.25, 0.3) is 15.9 Å². The van der Waals surface area contributed by atoms with Crippen molar-refractivity contribution in [2.75, 3.05) is 18.5 Å². The highest BCUT2D eigenvalue weighted by molar-refractivity contribution is 7.90. The lowest BCUT2D eigenvalue weighted by atomic mass is 10.1. The van der Waals surface area contributed by atoms with Gasteiger partial charge in [0.2, 0.25) is 0 Å². The van der Waals surface area contributed by atoms with Gasteiger partial charge in [0.05, 0.1) is 17.9 Å². The molecule has 0 atom stereocenters. The molecule has 9 heteroatoms. The molecule has 0 aliphatic carbocycles. The number of nitrogens with zero attached hydrogens (tertiary/aromatic N) is 1. The summed E-state index contributed by atoms with van der Waals surface area (Å²) >= 11 is 0. The van der Waals surface area contributed by atoms with Crippen LogP contribution in [0.5, 0.6) is 0 Å². The minimum absolute atomic E-state index is 0.0315. The number of ether oxygens (including phenoxy) is 1. The third-order valence-electron chi connectivity index (χ3n) is 4.27. The topological polar surface area (TPSA) is 114 Å². The quantitative estimate of drug-likeness (QED) is 0.700. The van der Waals surface area contributed by atoms with Crippen LogP contribution in [-0.2, 0) is 24.3 Å². The van der Waals surface area contributed by atoms with Crippen LogP contribution in [0.1, 0.15) is 23.1 Å². The minimum atomic E-state index is -3.61. The highest BCUT2D eigenvalue weighted by atomic mass is 32.2. The van der Waals surface area contributed by atoms with Gasteiger partial charge >= 0.3 is 5.97 Å². The van der Waals surface area contributed by atoms with Crippen LogP contribution < -0.4 is 10.0 Å². The molecule has 3 rings (SSSR count). The zero-order valence-electron chi connectivity index (χ0n) is 16.1. The first-order valence-corrected chi connectivity index (χ1v) is 10.4. The molecule has 0 fully saturated rings. The number of benzene rings is 2. The Kier molecular flexibility index (Phi) is 5.97. The number of amidine groups is 1. The maximum Gasteiger partial charge on any atom is 0.308 e. The molecule has 0 saturated heterocycles. The van der Waals surface area contributed by atoms with Gasteiger partial charge in [-0.05, 0) is 37.6 Å². The second-order valence-corrected chi connectivity index (χ2v) is 8.26. The second-order valence-electron chi connectivity index (χ2n) is 6.61. The normalized spacial score (nSPS) is 15.4. The summed E-state index contributed by atoms with van der Waals surface area (Å²) in [5.74, 6) is -0.839. The highest BCUT2D eigenvalue weighted by Gasteiger charge is 2.29. The van der Waals surface area contributed by atoms with Crippen LogP contribution in [0.4, 0.5) is 5.69 Å². The Hall–Kier alpha value is -3.20. The summed E-state index contributed by atoms with van der Waals surface area (Å²) in [5.41, 5.74) is 3.13. The van der Waals surface area contributed by atoms with Crippen molar-refractivity contribution in [1.82, 2.24) is 4.72 Å². The van der Waals surface area contributed by atoms with Gasteiger partial charge in [-0.25, -0.2) is 8.42 Å². The first-order chi connectivity index (χ1) is 13.8. The number of hydrogen-bond acceptors (Lipinski definition) is 6. The number of carbonyl (C=O) groups excluding carboxylic acids is 2. The lowest BCUT2D eigenvalue weighted by Gasteiger charge is -2.09. The van der Waals surface area contributed by atoms with E-state index >= 15 is 0 Å². The summed E-state index contributed by atoms with van der Waals surface area (Å²) in [5, 5.41) is 2.69. The molecule has 0 saturated carbocycles. The molecular weight excluding hydrogens is 394 g/mol. The molecule has 2 aromatic carbocycles. The zero-order valence-corrected chi connectivity index (χ0v) is 16.9. The Labute approximate surface area is 169 Å². The van der Waals surface area contributed by atoms with Crippen LogP contribution in [0, 0.1) is 13.8 Å². The number of aryl methyl sites for hydroxylation is 2. The Balaban J connectivity index is 1.48. The van der Waals surface area contributed by atoms with Crippen molar-refractivity contribution in [3.05, 3.63) is 59.2 Å². The van der Waals surface area contributed by atoms with E-state index in [9.17, 15) is 18.0 Å². The first kappa shape index (κ1) is 20.5. The van der Waals surface area contributed by atoms with Crippen LogP contribution >= 0.6 is 0 Å². The van der Waals surface area contributed by atoms with E-state index in [1.54, 1.807) is 24.3 Å². The molecule has 152 valence electrons. The third kappa shape index (κ3) is 5.00. The van der Waals surface area contributed by atoms with Crippen molar-refractivity contribution in [3.8, 4) is 0 Å². The molecule has 1 aliphatic heterocycles. The van der Waals surface area contributed by atoms with Crippen LogP contribution in [0.15, 0.2) is 52.4 Å². The highest BCUT2D eigenvalue weighted by Crippen LogP contribution is 2.22. The van der Waals surface area contributed by atoms with E-state index < -0.39 is 28.5 Å². The molecule has 29 heavy (non-hydrogen) atoms. The van der Waals surface area contributed by atoms with E-state index in [0.29, 0.717) is 11.3 Å². The van der Waals surface area contributed by atoms with E-state index in [-0.39, 0.29) is 23.7 Å². The molecule has 0 spiro atoms. The van der Waals surface area contributed by atoms with Gasteiger partial charge in [-0.1, -0.05) is 29.8 Å². The molecule has 0 unspecified atom stereocenters. The zero-order chi connectivity index (χ0) is 21.0. The molecule has 0 aromatic heterocycles. The summed E-state index contributed by atoms with van der Waals surface area (Å²) in [6, 6.07) is 12.1. The van der Waals surface area contributed by atoms with Crippen LogP contribution in [-0.4, -0.2) is 39.3 Å². The van der Waals surface area contributed by atoms with Crippen molar-refractivity contribution in [3.63, 3.8) is 0 Å². The maximum absolute atomic E-state index is 12.0. The number of nitrogens with one attached hydrogen (secondary N) is 2. The van der Waals surface area contributed by atoms with Crippen LogP contribution in [0.3, 0.4) is 0 Å². The van der Waals surface area contributed by atoms with Crippen molar-refractivity contribution in [1.29, 1.82) is 0 Å². The largest absolute Gasteiger partial charge is 0.456 e. The van der Waals surface area contributed by atoms with Crippen LogP contribution in [0.2, 0.25) is 0 Å². The molecule has 2 N–H and O–H groups in total. The summed E-state index contributed by atoms with van der Waals surface area (Å²) in [7, 11) is -3.61. The number of hydrogen-bond donors (Lipinski definition) is 2. The van der Waals surface area contributed by atoms with E-state index in [1.807, 2.05) is 26.0 Å². The molecule has 1 aliphatic rings. The van der Waals surface area contributed by atoms with Gasteiger partial charge in [0, 0.05) is 11.3 Å². The smallest absolute Gasteiger partial charge is 0.308 e. The summed E-state index contributed by atoms with van der Waals surface area (Å²) in [6.45, 7) is 3.46. The summed E-state index contributed by atoms with van der Waals surface area (Å²) < 4.78 is 31.3. The monoisotopic (exact) mass is 415 g/mol. The Morgan fingerprint density at radius 3 is 2.66 bits per heavy atom. The number of rotatable bonds is 6. The van der Waals surface area contributed by atoms with Gasteiger partial charge < -0.3 is 10.1 Å². The predicted molar refractivity (Wildman–Crippen MR) is 108 cm³/mol. The Bertz CT molecular complexity index is 1090. The number of esters is 1. The minimum Gasteiger partial charge on any atom is -0.456 e. The third-order valence-corrected chi connectivity index (χ3v) is 5.67. The SMILES string of the molecule is Cc1ccc(NC(=O)COC(=O)CCN=C2NS(=O)(=O)c3ccccc32)c(C)c1. The number of fused-ring (bicyclic) bond motifs is 1. The number of sulfonamides is 1. The van der Waals surface area contributed by atoms with Crippen molar-refractivity contribution in [2.45, 2.75) is 25.2 Å². The molecule has 8 nitrogen and oxygen atoms in total. The molecule has 1 heterocycles. The fourth-order valence-electron chi connectivity index (χ4n) is 2.87. The van der Waals surface area contributed by atoms with Crippen molar-refractivity contribution >= 4 is 33.4 Å². The number of aliphatic imine (C=N–C) groups is 1. The van der Waals surface area contributed by atoms with Crippen molar-refractivity contribution < 1.29 is 22.7 Å². The fourth-order valence-corrected chi connectivity index (χ4v) is 4.12.